The standard InChI is InChI=1S/C23H19ClF3N3O3/c24-17-4-7-20(28-13-17)29-21(31)14-8-10-30(11-9-14)22(32)19-6-5-18(33-19)15-2-1-3-16(12-15)23(25,26)27/h1-7,12-14H,8-11H2,(H,28,29,31). The molecular weight excluding hydrogens is 459 g/mol. The van der Waals surface area contributed by atoms with Gasteiger partial charge in [0.2, 0.25) is 5.91 Å². The molecule has 0 unspecified atom stereocenters. The molecule has 1 aliphatic rings. The summed E-state index contributed by atoms with van der Waals surface area (Å²) in [5.41, 5.74) is -0.562. The second-order valence-corrected chi connectivity index (χ2v) is 8.10. The number of nitrogens with one attached hydrogen (secondary N) is 1. The number of piperidine rings is 1. The van der Waals surface area contributed by atoms with Crippen LogP contribution in [0.25, 0.3) is 11.3 Å². The summed E-state index contributed by atoms with van der Waals surface area (Å²) in [7, 11) is 0. The number of rotatable bonds is 4. The minimum atomic E-state index is -4.47. The van der Waals surface area contributed by atoms with Crippen molar-refractivity contribution < 1.29 is 27.2 Å². The average Bonchev–Trinajstić information content (AvgIpc) is 3.30. The number of aromatic nitrogens is 1. The molecule has 0 aliphatic carbocycles. The number of amides is 2. The Morgan fingerprint density at radius 2 is 1.85 bits per heavy atom. The molecule has 1 fully saturated rings. The van der Waals surface area contributed by atoms with E-state index in [0.29, 0.717) is 36.8 Å². The zero-order chi connectivity index (χ0) is 23.6. The zero-order valence-electron chi connectivity index (χ0n) is 17.2. The fourth-order valence-electron chi connectivity index (χ4n) is 3.64. The van der Waals surface area contributed by atoms with E-state index in [9.17, 15) is 22.8 Å². The number of hydrogen-bond donors (Lipinski definition) is 1. The Bertz CT molecular complexity index is 1150. The second-order valence-electron chi connectivity index (χ2n) is 7.66. The first-order valence-electron chi connectivity index (χ1n) is 10.2. The van der Waals surface area contributed by atoms with Crippen LogP contribution in [0.5, 0.6) is 0 Å². The molecule has 0 radical (unpaired) electrons. The number of alkyl halides is 3. The minimum absolute atomic E-state index is 0.0377. The van der Waals surface area contributed by atoms with E-state index in [0.717, 1.165) is 12.1 Å². The Morgan fingerprint density at radius 3 is 2.52 bits per heavy atom. The molecular formula is C23H19ClF3N3O3. The van der Waals surface area contributed by atoms with E-state index >= 15 is 0 Å². The summed E-state index contributed by atoms with van der Waals surface area (Å²) in [5.74, 6) is -0.206. The average molecular weight is 478 g/mol. The predicted octanol–water partition coefficient (Wildman–Crippen LogP) is 5.50. The van der Waals surface area contributed by atoms with Gasteiger partial charge in [0.1, 0.15) is 11.6 Å². The summed E-state index contributed by atoms with van der Waals surface area (Å²) in [4.78, 5) is 30.9. The van der Waals surface area contributed by atoms with E-state index in [-0.39, 0.29) is 34.8 Å². The van der Waals surface area contributed by atoms with Crippen molar-refractivity contribution >= 4 is 29.2 Å². The van der Waals surface area contributed by atoms with Gasteiger partial charge in [0.15, 0.2) is 5.76 Å². The Kier molecular flexibility index (Phi) is 6.42. The summed E-state index contributed by atoms with van der Waals surface area (Å²) < 4.78 is 44.4. The highest BCUT2D eigenvalue weighted by Crippen LogP contribution is 2.33. The maximum absolute atomic E-state index is 13.0. The van der Waals surface area contributed by atoms with Gasteiger partial charge in [-0.25, -0.2) is 4.98 Å². The molecule has 2 amide bonds. The number of carbonyl (C=O) groups is 2. The van der Waals surface area contributed by atoms with Crippen LogP contribution in [0.15, 0.2) is 59.1 Å². The van der Waals surface area contributed by atoms with Gasteiger partial charge in [-0.2, -0.15) is 13.2 Å². The lowest BCUT2D eigenvalue weighted by Gasteiger charge is -2.30. The Morgan fingerprint density at radius 1 is 1.09 bits per heavy atom. The molecule has 3 aromatic rings. The van der Waals surface area contributed by atoms with Gasteiger partial charge in [-0.05, 0) is 49.2 Å². The first-order chi connectivity index (χ1) is 15.7. The third-order valence-electron chi connectivity index (χ3n) is 5.42. The van der Waals surface area contributed by atoms with Crippen molar-refractivity contribution in [1.82, 2.24) is 9.88 Å². The van der Waals surface area contributed by atoms with Crippen LogP contribution < -0.4 is 5.32 Å². The monoisotopic (exact) mass is 477 g/mol. The Hall–Kier alpha value is -3.33. The molecule has 3 heterocycles. The van der Waals surface area contributed by atoms with Crippen molar-refractivity contribution in [1.29, 1.82) is 0 Å². The van der Waals surface area contributed by atoms with Crippen LogP contribution in [0.2, 0.25) is 5.02 Å². The van der Waals surface area contributed by atoms with Gasteiger partial charge in [-0.15, -0.1) is 0 Å². The number of hydrogen-bond acceptors (Lipinski definition) is 4. The van der Waals surface area contributed by atoms with E-state index in [1.807, 2.05) is 0 Å². The highest BCUT2D eigenvalue weighted by atomic mass is 35.5. The van der Waals surface area contributed by atoms with Crippen molar-refractivity contribution in [2.45, 2.75) is 19.0 Å². The first-order valence-corrected chi connectivity index (χ1v) is 10.6. The number of furan rings is 1. The quantitative estimate of drug-likeness (QED) is 0.538. The van der Waals surface area contributed by atoms with Crippen molar-refractivity contribution in [2.24, 2.45) is 5.92 Å². The summed E-state index contributed by atoms with van der Waals surface area (Å²) in [6.07, 6.45) is -2.10. The van der Waals surface area contributed by atoms with E-state index < -0.39 is 11.7 Å². The van der Waals surface area contributed by atoms with Gasteiger partial charge in [-0.1, -0.05) is 23.7 Å². The van der Waals surface area contributed by atoms with Crippen LogP contribution in [0.4, 0.5) is 19.0 Å². The van der Waals surface area contributed by atoms with Crippen molar-refractivity contribution in [3.8, 4) is 11.3 Å². The third-order valence-corrected chi connectivity index (χ3v) is 5.65. The van der Waals surface area contributed by atoms with Crippen molar-refractivity contribution in [3.05, 3.63) is 71.1 Å². The van der Waals surface area contributed by atoms with Crippen LogP contribution in [0, 0.1) is 5.92 Å². The fraction of sp³-hybridized carbons (Fsp3) is 0.261. The lowest BCUT2D eigenvalue weighted by molar-refractivity contribution is -0.137. The SMILES string of the molecule is O=C(Nc1ccc(Cl)cn1)C1CCN(C(=O)c2ccc(-c3cccc(C(F)(F)F)c3)o2)CC1. The number of anilines is 1. The van der Waals surface area contributed by atoms with E-state index in [2.05, 4.69) is 10.3 Å². The van der Waals surface area contributed by atoms with Crippen LogP contribution in [-0.4, -0.2) is 34.8 Å². The molecule has 1 aliphatic heterocycles. The fourth-order valence-corrected chi connectivity index (χ4v) is 3.75. The number of carbonyl (C=O) groups excluding carboxylic acids is 2. The van der Waals surface area contributed by atoms with Gasteiger partial charge in [0.25, 0.3) is 5.91 Å². The summed E-state index contributed by atoms with van der Waals surface area (Å²) in [5, 5.41) is 3.21. The zero-order valence-corrected chi connectivity index (χ0v) is 18.0. The molecule has 2 aromatic heterocycles. The predicted molar refractivity (Wildman–Crippen MR) is 116 cm³/mol. The molecule has 4 rings (SSSR count). The Balaban J connectivity index is 1.36. The second kappa shape index (κ2) is 9.27. The summed E-state index contributed by atoms with van der Waals surface area (Å²) in [6, 6.07) is 10.9. The number of nitrogens with zero attached hydrogens (tertiary/aromatic N) is 2. The summed E-state index contributed by atoms with van der Waals surface area (Å²) >= 11 is 5.79. The molecule has 1 aromatic carbocycles. The molecule has 0 saturated carbocycles. The smallest absolute Gasteiger partial charge is 0.416 e. The van der Waals surface area contributed by atoms with Crippen LogP contribution in [-0.2, 0) is 11.0 Å². The van der Waals surface area contributed by atoms with Gasteiger partial charge < -0.3 is 14.6 Å². The molecule has 0 spiro atoms. The third kappa shape index (κ3) is 5.36. The minimum Gasteiger partial charge on any atom is -0.451 e. The molecule has 1 saturated heterocycles. The largest absolute Gasteiger partial charge is 0.451 e. The molecule has 6 nitrogen and oxygen atoms in total. The molecule has 10 heteroatoms. The highest BCUT2D eigenvalue weighted by molar-refractivity contribution is 6.30. The van der Waals surface area contributed by atoms with E-state index in [1.165, 1.54) is 30.5 Å². The summed E-state index contributed by atoms with van der Waals surface area (Å²) in [6.45, 7) is 0.703. The van der Waals surface area contributed by atoms with Crippen molar-refractivity contribution in [3.63, 3.8) is 0 Å². The molecule has 0 bridgehead atoms. The lowest BCUT2D eigenvalue weighted by Crippen LogP contribution is -2.41. The van der Waals surface area contributed by atoms with Gasteiger partial charge in [-0.3, -0.25) is 9.59 Å². The number of likely N-dealkylation sites (tertiary alicyclic amines) is 1. The lowest BCUT2D eigenvalue weighted by atomic mass is 9.95. The van der Waals surface area contributed by atoms with Gasteiger partial charge in [0.05, 0.1) is 10.6 Å². The number of benzene rings is 1. The first kappa shape index (κ1) is 22.8. The molecule has 0 atom stereocenters. The van der Waals surface area contributed by atoms with Gasteiger partial charge in [0, 0.05) is 30.8 Å². The highest BCUT2D eigenvalue weighted by Gasteiger charge is 2.31. The Labute approximate surface area is 192 Å². The number of halogens is 4. The van der Waals surface area contributed by atoms with Gasteiger partial charge >= 0.3 is 6.18 Å². The number of pyridine rings is 1. The van der Waals surface area contributed by atoms with Crippen LogP contribution >= 0.6 is 11.6 Å². The maximum atomic E-state index is 13.0. The van der Waals surface area contributed by atoms with Crippen LogP contribution in [0.1, 0.15) is 29.0 Å². The van der Waals surface area contributed by atoms with E-state index in [1.54, 1.807) is 17.0 Å². The van der Waals surface area contributed by atoms with Crippen LogP contribution in [0.3, 0.4) is 0 Å². The molecule has 172 valence electrons. The molecule has 33 heavy (non-hydrogen) atoms. The maximum Gasteiger partial charge on any atom is 0.416 e. The van der Waals surface area contributed by atoms with Crippen molar-refractivity contribution in [2.75, 3.05) is 18.4 Å². The topological polar surface area (TPSA) is 75.4 Å². The van der Waals surface area contributed by atoms with E-state index in [4.69, 9.17) is 16.0 Å². The normalized spacial score (nSPS) is 14.8. The molecule has 1 N–H and O–H groups in total.